The van der Waals surface area contributed by atoms with Crippen LogP contribution in [0.4, 0.5) is 0 Å². The van der Waals surface area contributed by atoms with Gasteiger partial charge in [-0.05, 0) is 36.3 Å². The Kier molecular flexibility index (Phi) is 6.22. The third-order valence-corrected chi connectivity index (χ3v) is 4.73. The first-order valence-corrected chi connectivity index (χ1v) is 8.91. The predicted molar refractivity (Wildman–Crippen MR) is 96.4 cm³/mol. The van der Waals surface area contributed by atoms with Crippen LogP contribution in [0.2, 0.25) is 0 Å². The molecular weight excluding hydrogens is 318 g/mol. The maximum absolute atomic E-state index is 12.6. The minimum atomic E-state index is -0.925. The number of aliphatic carboxylic acids is 1. The van der Waals surface area contributed by atoms with Gasteiger partial charge in [-0.25, -0.2) is 0 Å². The van der Waals surface area contributed by atoms with Crippen LogP contribution in [0.5, 0.6) is 0 Å². The minimum absolute atomic E-state index is 0.0301. The van der Waals surface area contributed by atoms with Crippen molar-refractivity contribution in [2.24, 2.45) is 5.92 Å². The van der Waals surface area contributed by atoms with Gasteiger partial charge >= 0.3 is 5.97 Å². The van der Waals surface area contributed by atoms with E-state index >= 15 is 0 Å². The van der Waals surface area contributed by atoms with E-state index in [4.69, 9.17) is 4.74 Å². The van der Waals surface area contributed by atoms with E-state index in [1.165, 1.54) is 5.56 Å². The van der Waals surface area contributed by atoms with Crippen molar-refractivity contribution in [2.75, 3.05) is 6.61 Å². The fraction of sp³-hybridized carbons (Fsp3) is 0.600. The summed E-state index contributed by atoms with van der Waals surface area (Å²) < 4.78 is 5.48. The van der Waals surface area contributed by atoms with E-state index in [0.29, 0.717) is 19.4 Å². The zero-order valence-corrected chi connectivity index (χ0v) is 15.5. The van der Waals surface area contributed by atoms with Gasteiger partial charge in [-0.15, -0.1) is 0 Å². The number of amides is 1. The van der Waals surface area contributed by atoms with Crippen molar-refractivity contribution >= 4 is 11.9 Å². The topological polar surface area (TPSA) is 75.6 Å². The van der Waals surface area contributed by atoms with Crippen molar-refractivity contribution in [1.82, 2.24) is 5.32 Å². The summed E-state index contributed by atoms with van der Waals surface area (Å²) in [5.74, 6) is -1.12. The molecule has 1 aliphatic rings. The molecule has 25 heavy (non-hydrogen) atoms. The number of nitrogens with one attached hydrogen (secondary N) is 1. The molecule has 138 valence electrons. The SMILES string of the molecule is C[C@@H]1C[C@@H](C(=O)N[C@@H](CC(=O)O)c2ccc(C(C)(C)C)cc2)CCO1. The molecule has 0 bridgehead atoms. The van der Waals surface area contributed by atoms with Crippen molar-refractivity contribution in [3.63, 3.8) is 0 Å². The van der Waals surface area contributed by atoms with Gasteiger partial charge in [0.05, 0.1) is 18.6 Å². The van der Waals surface area contributed by atoms with E-state index < -0.39 is 12.0 Å². The highest BCUT2D eigenvalue weighted by Gasteiger charge is 2.28. The smallest absolute Gasteiger partial charge is 0.305 e. The van der Waals surface area contributed by atoms with Gasteiger partial charge in [-0.1, -0.05) is 45.0 Å². The third-order valence-electron chi connectivity index (χ3n) is 4.73. The Balaban J connectivity index is 2.12. The van der Waals surface area contributed by atoms with Crippen molar-refractivity contribution in [1.29, 1.82) is 0 Å². The Morgan fingerprint density at radius 2 is 1.92 bits per heavy atom. The van der Waals surface area contributed by atoms with Crippen molar-refractivity contribution < 1.29 is 19.4 Å². The number of rotatable bonds is 5. The average molecular weight is 347 g/mol. The lowest BCUT2D eigenvalue weighted by Gasteiger charge is -2.28. The van der Waals surface area contributed by atoms with Gasteiger partial charge in [-0.2, -0.15) is 0 Å². The van der Waals surface area contributed by atoms with E-state index in [-0.39, 0.29) is 29.8 Å². The van der Waals surface area contributed by atoms with Gasteiger partial charge in [-0.3, -0.25) is 9.59 Å². The number of carboxylic acids is 1. The van der Waals surface area contributed by atoms with Crippen LogP contribution >= 0.6 is 0 Å². The molecule has 0 radical (unpaired) electrons. The first kappa shape index (κ1) is 19.4. The summed E-state index contributed by atoms with van der Waals surface area (Å²) in [5, 5.41) is 12.2. The summed E-state index contributed by atoms with van der Waals surface area (Å²) in [7, 11) is 0. The van der Waals surface area contributed by atoms with Gasteiger partial charge in [0.2, 0.25) is 5.91 Å². The maximum Gasteiger partial charge on any atom is 0.305 e. The second kappa shape index (κ2) is 8.00. The quantitative estimate of drug-likeness (QED) is 0.855. The summed E-state index contributed by atoms with van der Waals surface area (Å²) in [4.78, 5) is 23.8. The lowest BCUT2D eigenvalue weighted by molar-refractivity contribution is -0.138. The number of carbonyl (C=O) groups is 2. The molecule has 2 rings (SSSR count). The molecule has 0 saturated carbocycles. The van der Waals surface area contributed by atoms with Gasteiger partial charge in [0.25, 0.3) is 0 Å². The standard InChI is InChI=1S/C20H29NO4/c1-13-11-15(9-10-25-13)19(24)21-17(12-18(22)23)14-5-7-16(8-6-14)20(2,3)4/h5-8,13,15,17H,9-12H2,1-4H3,(H,21,24)(H,22,23)/t13-,15+,17+/m1/s1. The van der Waals surface area contributed by atoms with Crippen LogP contribution in [0, 0.1) is 5.92 Å². The first-order chi connectivity index (χ1) is 11.7. The van der Waals surface area contributed by atoms with Gasteiger partial charge in [0.1, 0.15) is 0 Å². The maximum atomic E-state index is 12.6. The number of benzene rings is 1. The molecule has 1 amide bonds. The number of hydrogen-bond donors (Lipinski definition) is 2. The fourth-order valence-corrected chi connectivity index (χ4v) is 3.17. The summed E-state index contributed by atoms with van der Waals surface area (Å²) in [6.45, 7) is 8.92. The number of hydrogen-bond acceptors (Lipinski definition) is 3. The van der Waals surface area contributed by atoms with Crippen LogP contribution in [0.1, 0.15) is 64.1 Å². The second-order valence-corrected chi connectivity index (χ2v) is 7.93. The van der Waals surface area contributed by atoms with E-state index in [2.05, 4.69) is 26.1 Å². The van der Waals surface area contributed by atoms with Gasteiger partial charge < -0.3 is 15.2 Å². The Hall–Kier alpha value is -1.88. The second-order valence-electron chi connectivity index (χ2n) is 7.93. The highest BCUT2D eigenvalue weighted by molar-refractivity contribution is 5.80. The van der Waals surface area contributed by atoms with Crippen molar-refractivity contribution in [3.8, 4) is 0 Å². The normalized spacial score (nSPS) is 22.2. The Labute approximate surface area is 149 Å². The predicted octanol–water partition coefficient (Wildman–Crippen LogP) is 3.43. The zero-order chi connectivity index (χ0) is 18.6. The highest BCUT2D eigenvalue weighted by Crippen LogP contribution is 2.26. The molecule has 1 saturated heterocycles. The summed E-state index contributed by atoms with van der Waals surface area (Å²) >= 11 is 0. The first-order valence-electron chi connectivity index (χ1n) is 8.91. The molecule has 0 unspecified atom stereocenters. The van der Waals surface area contributed by atoms with Gasteiger partial charge in [0, 0.05) is 12.5 Å². The van der Waals surface area contributed by atoms with Crippen LogP contribution in [0.15, 0.2) is 24.3 Å². The number of ether oxygens (including phenoxy) is 1. The third kappa shape index (κ3) is 5.56. The van der Waals surface area contributed by atoms with E-state index in [0.717, 1.165) is 5.56 Å². The Morgan fingerprint density at radius 1 is 1.28 bits per heavy atom. The zero-order valence-electron chi connectivity index (χ0n) is 15.5. The van der Waals surface area contributed by atoms with Crippen LogP contribution in [-0.2, 0) is 19.7 Å². The molecule has 5 heteroatoms. The van der Waals surface area contributed by atoms with E-state index in [1.54, 1.807) is 0 Å². The van der Waals surface area contributed by atoms with E-state index in [9.17, 15) is 14.7 Å². The van der Waals surface area contributed by atoms with Crippen LogP contribution in [-0.4, -0.2) is 29.7 Å². The van der Waals surface area contributed by atoms with Gasteiger partial charge in [0.15, 0.2) is 0 Å². The summed E-state index contributed by atoms with van der Waals surface area (Å²) in [5.41, 5.74) is 2.03. The molecule has 1 aromatic rings. The Morgan fingerprint density at radius 3 is 2.44 bits per heavy atom. The Bertz CT molecular complexity index is 603. The largest absolute Gasteiger partial charge is 0.481 e. The number of carbonyl (C=O) groups excluding carboxylic acids is 1. The van der Waals surface area contributed by atoms with Crippen LogP contribution in [0.3, 0.4) is 0 Å². The van der Waals surface area contributed by atoms with Crippen LogP contribution in [0.25, 0.3) is 0 Å². The van der Waals surface area contributed by atoms with E-state index in [1.807, 2.05) is 31.2 Å². The molecule has 1 aromatic carbocycles. The van der Waals surface area contributed by atoms with Crippen LogP contribution < -0.4 is 5.32 Å². The lowest BCUT2D eigenvalue weighted by atomic mass is 9.86. The van der Waals surface area contributed by atoms with Crippen molar-refractivity contribution in [3.05, 3.63) is 35.4 Å². The minimum Gasteiger partial charge on any atom is -0.481 e. The molecule has 1 heterocycles. The monoisotopic (exact) mass is 347 g/mol. The summed E-state index contributed by atoms with van der Waals surface area (Å²) in [6.07, 6.45) is 1.29. The van der Waals surface area contributed by atoms with Crippen molar-refractivity contribution in [2.45, 2.75) is 64.5 Å². The molecule has 5 nitrogen and oxygen atoms in total. The fourth-order valence-electron chi connectivity index (χ4n) is 3.17. The molecule has 2 N–H and O–H groups in total. The molecule has 0 aliphatic carbocycles. The molecular formula is C20H29NO4. The molecule has 1 fully saturated rings. The lowest BCUT2D eigenvalue weighted by Crippen LogP contribution is -2.39. The molecule has 3 atom stereocenters. The highest BCUT2D eigenvalue weighted by atomic mass is 16.5. The molecule has 1 aliphatic heterocycles. The molecule has 0 aromatic heterocycles. The molecule has 0 spiro atoms. The average Bonchev–Trinajstić information content (AvgIpc) is 2.53. The summed E-state index contributed by atoms with van der Waals surface area (Å²) in [6, 6.07) is 7.33. The number of carboxylic acid groups (broad SMARTS) is 1.